The van der Waals surface area contributed by atoms with Crippen LogP contribution in [0.2, 0.25) is 0 Å². The van der Waals surface area contributed by atoms with Crippen molar-refractivity contribution in [3.05, 3.63) is 89.1 Å². The smallest absolute Gasteiger partial charge is 0.137 e. The molecule has 1 saturated heterocycles. The number of benzene rings is 2. The molecule has 5 heteroatoms. The molecule has 2 aromatic carbocycles. The van der Waals surface area contributed by atoms with Crippen LogP contribution in [0.15, 0.2) is 65.2 Å². The number of hydrogen-bond donors (Lipinski definition) is 0. The first kappa shape index (κ1) is 19.8. The van der Waals surface area contributed by atoms with E-state index >= 15 is 0 Å². The van der Waals surface area contributed by atoms with Crippen LogP contribution in [0.4, 0.5) is 4.39 Å². The lowest BCUT2D eigenvalue weighted by Gasteiger charge is -2.32. The highest BCUT2D eigenvalue weighted by Gasteiger charge is 2.34. The second-order valence-electron chi connectivity index (χ2n) is 7.84. The van der Waals surface area contributed by atoms with E-state index in [1.54, 1.807) is 0 Å². The van der Waals surface area contributed by atoms with Crippen molar-refractivity contribution in [2.75, 3.05) is 19.8 Å². The summed E-state index contributed by atoms with van der Waals surface area (Å²) in [5.41, 5.74) is 3.33. The average molecular weight is 394 g/mol. The van der Waals surface area contributed by atoms with Crippen LogP contribution in [0.25, 0.3) is 0 Å². The Morgan fingerprint density at radius 1 is 1.03 bits per heavy atom. The van der Waals surface area contributed by atoms with E-state index in [-0.39, 0.29) is 11.9 Å². The van der Waals surface area contributed by atoms with Gasteiger partial charge < -0.3 is 9.26 Å². The molecule has 2 heterocycles. The van der Waals surface area contributed by atoms with Gasteiger partial charge in [-0.2, -0.15) is 0 Å². The Morgan fingerprint density at radius 3 is 2.55 bits per heavy atom. The van der Waals surface area contributed by atoms with Gasteiger partial charge >= 0.3 is 0 Å². The van der Waals surface area contributed by atoms with Crippen molar-refractivity contribution >= 4 is 0 Å². The van der Waals surface area contributed by atoms with Crippen LogP contribution < -0.4 is 0 Å². The molecule has 152 valence electrons. The van der Waals surface area contributed by atoms with Gasteiger partial charge in [-0.3, -0.25) is 4.90 Å². The summed E-state index contributed by atoms with van der Waals surface area (Å²) in [7, 11) is 0. The van der Waals surface area contributed by atoms with Gasteiger partial charge in [0.1, 0.15) is 11.6 Å². The van der Waals surface area contributed by atoms with Crippen LogP contribution in [0.3, 0.4) is 0 Å². The third-order valence-corrected chi connectivity index (χ3v) is 5.60. The predicted octanol–water partition coefficient (Wildman–Crippen LogP) is 4.42. The van der Waals surface area contributed by atoms with Gasteiger partial charge in [-0.15, -0.1) is 0 Å². The standard InChI is InChI=1S/C24H27FN2O2/c1-18-13-23(29-26-18)14-21-16-28-17-24(21)27(12-11-19-5-3-2-4-6-19)15-20-7-9-22(25)10-8-20/h2-10,13,21,24H,11-12,14-17H2,1H3/t21-,24-/m1/s1. The Labute approximate surface area is 171 Å². The molecule has 1 aliphatic rings. The van der Waals surface area contributed by atoms with Gasteiger partial charge in [0.15, 0.2) is 0 Å². The second kappa shape index (κ2) is 9.33. The Bertz CT molecular complexity index is 895. The van der Waals surface area contributed by atoms with Crippen molar-refractivity contribution in [3.8, 4) is 0 Å². The first-order valence-corrected chi connectivity index (χ1v) is 10.2. The van der Waals surface area contributed by atoms with Crippen LogP contribution in [-0.4, -0.2) is 35.9 Å². The Hall–Kier alpha value is -2.50. The molecular formula is C24H27FN2O2. The van der Waals surface area contributed by atoms with E-state index < -0.39 is 0 Å². The number of aromatic nitrogens is 1. The van der Waals surface area contributed by atoms with Crippen LogP contribution >= 0.6 is 0 Å². The third-order valence-electron chi connectivity index (χ3n) is 5.60. The molecule has 0 amide bonds. The van der Waals surface area contributed by atoms with Crippen molar-refractivity contribution < 1.29 is 13.7 Å². The van der Waals surface area contributed by atoms with Crippen LogP contribution in [0, 0.1) is 18.7 Å². The molecule has 0 saturated carbocycles. The summed E-state index contributed by atoms with van der Waals surface area (Å²) in [5, 5.41) is 4.02. The van der Waals surface area contributed by atoms with Gasteiger partial charge in [-0.25, -0.2) is 4.39 Å². The van der Waals surface area contributed by atoms with Crippen molar-refractivity contribution in [1.29, 1.82) is 0 Å². The molecule has 1 fully saturated rings. The molecule has 1 aromatic heterocycles. The van der Waals surface area contributed by atoms with Crippen molar-refractivity contribution in [1.82, 2.24) is 10.1 Å². The van der Waals surface area contributed by atoms with E-state index in [2.05, 4.69) is 34.3 Å². The minimum absolute atomic E-state index is 0.202. The van der Waals surface area contributed by atoms with Gasteiger partial charge in [0.2, 0.25) is 0 Å². The zero-order valence-corrected chi connectivity index (χ0v) is 16.8. The van der Waals surface area contributed by atoms with E-state index in [4.69, 9.17) is 9.26 Å². The highest BCUT2D eigenvalue weighted by Crippen LogP contribution is 2.26. The van der Waals surface area contributed by atoms with Gasteiger partial charge in [0.25, 0.3) is 0 Å². The lowest BCUT2D eigenvalue weighted by molar-refractivity contribution is 0.135. The first-order valence-electron chi connectivity index (χ1n) is 10.2. The quantitative estimate of drug-likeness (QED) is 0.567. The Balaban J connectivity index is 1.49. The molecule has 0 aliphatic carbocycles. The van der Waals surface area contributed by atoms with E-state index in [0.717, 1.165) is 49.6 Å². The molecule has 3 aromatic rings. The van der Waals surface area contributed by atoms with Gasteiger partial charge in [-0.1, -0.05) is 47.6 Å². The van der Waals surface area contributed by atoms with E-state index in [9.17, 15) is 4.39 Å². The Morgan fingerprint density at radius 2 is 1.83 bits per heavy atom. The van der Waals surface area contributed by atoms with Gasteiger partial charge in [0.05, 0.1) is 18.9 Å². The number of aryl methyl sites for hydroxylation is 1. The maximum atomic E-state index is 13.4. The summed E-state index contributed by atoms with van der Waals surface area (Å²) in [6, 6.07) is 19.6. The number of rotatable bonds is 8. The molecular weight excluding hydrogens is 367 g/mol. The summed E-state index contributed by atoms with van der Waals surface area (Å²) >= 11 is 0. The largest absolute Gasteiger partial charge is 0.379 e. The Kier molecular flexibility index (Phi) is 6.37. The van der Waals surface area contributed by atoms with Crippen molar-refractivity contribution in [2.45, 2.75) is 32.4 Å². The molecule has 4 rings (SSSR count). The third kappa shape index (κ3) is 5.31. The summed E-state index contributed by atoms with van der Waals surface area (Å²) < 4.78 is 24.7. The maximum Gasteiger partial charge on any atom is 0.137 e. The zero-order chi connectivity index (χ0) is 20.1. The van der Waals surface area contributed by atoms with E-state index in [1.807, 2.05) is 31.2 Å². The summed E-state index contributed by atoms with van der Waals surface area (Å²) in [6.45, 7) is 5.05. The topological polar surface area (TPSA) is 38.5 Å². The van der Waals surface area contributed by atoms with Crippen molar-refractivity contribution in [3.63, 3.8) is 0 Å². The molecule has 0 spiro atoms. The molecule has 2 atom stereocenters. The fourth-order valence-electron chi connectivity index (χ4n) is 4.06. The van der Waals surface area contributed by atoms with Gasteiger partial charge in [-0.05, 0) is 36.6 Å². The minimum atomic E-state index is -0.202. The number of ether oxygens (including phenoxy) is 1. The molecule has 1 aliphatic heterocycles. The summed E-state index contributed by atoms with van der Waals surface area (Å²) in [6.07, 6.45) is 1.78. The molecule has 0 N–H and O–H groups in total. The fraction of sp³-hybridized carbons (Fsp3) is 0.375. The SMILES string of the molecule is Cc1cc(C[C@@H]2COC[C@H]2N(CCc2ccccc2)Cc2ccc(F)cc2)on1. The number of nitrogens with zero attached hydrogens (tertiary/aromatic N) is 2. The second-order valence-corrected chi connectivity index (χ2v) is 7.84. The first-order chi connectivity index (χ1) is 14.2. The lowest BCUT2D eigenvalue weighted by atomic mass is 9.95. The van der Waals surface area contributed by atoms with Crippen LogP contribution in [0.1, 0.15) is 22.6 Å². The lowest BCUT2D eigenvalue weighted by Crippen LogP contribution is -2.41. The maximum absolute atomic E-state index is 13.4. The number of hydrogen-bond acceptors (Lipinski definition) is 4. The predicted molar refractivity (Wildman–Crippen MR) is 110 cm³/mol. The van der Waals surface area contributed by atoms with Crippen molar-refractivity contribution in [2.24, 2.45) is 5.92 Å². The highest BCUT2D eigenvalue weighted by atomic mass is 19.1. The molecule has 0 bridgehead atoms. The molecule has 4 nitrogen and oxygen atoms in total. The fourth-order valence-corrected chi connectivity index (χ4v) is 4.06. The minimum Gasteiger partial charge on any atom is -0.379 e. The van der Waals surface area contributed by atoms with Gasteiger partial charge in [0, 0.05) is 37.5 Å². The average Bonchev–Trinajstić information content (AvgIpc) is 3.36. The summed E-state index contributed by atoms with van der Waals surface area (Å²) in [5.74, 6) is 1.05. The van der Waals surface area contributed by atoms with Crippen LogP contribution in [0.5, 0.6) is 0 Å². The molecule has 29 heavy (non-hydrogen) atoms. The zero-order valence-electron chi connectivity index (χ0n) is 16.8. The summed E-state index contributed by atoms with van der Waals surface area (Å²) in [4.78, 5) is 2.47. The number of halogens is 1. The molecule has 0 unspecified atom stereocenters. The molecule has 0 radical (unpaired) electrons. The van der Waals surface area contributed by atoms with E-state index in [1.165, 1.54) is 17.7 Å². The monoisotopic (exact) mass is 394 g/mol. The van der Waals surface area contributed by atoms with E-state index in [0.29, 0.717) is 12.5 Å². The highest BCUT2D eigenvalue weighted by molar-refractivity contribution is 5.18. The normalized spacial score (nSPS) is 19.1. The van der Waals surface area contributed by atoms with Crippen LogP contribution in [-0.2, 0) is 24.1 Å².